The van der Waals surface area contributed by atoms with Crippen molar-refractivity contribution in [3.05, 3.63) is 63.1 Å². The smallest absolute Gasteiger partial charge is 0.414 e. The summed E-state index contributed by atoms with van der Waals surface area (Å²) in [6.07, 6.45) is 1.59. The summed E-state index contributed by atoms with van der Waals surface area (Å²) in [6.45, 7) is 0.289. The van der Waals surface area contributed by atoms with Gasteiger partial charge in [-0.1, -0.05) is 50.7 Å². The van der Waals surface area contributed by atoms with Gasteiger partial charge in [-0.25, -0.2) is 9.37 Å². The summed E-state index contributed by atoms with van der Waals surface area (Å²) in [5, 5.41) is 4.87. The Morgan fingerprint density at radius 3 is 2.73 bits per heavy atom. The van der Waals surface area contributed by atoms with Gasteiger partial charge in [-0.05, 0) is 24.3 Å². The molecule has 0 spiro atoms. The number of nitrogens with zero attached hydrogens (tertiary/aromatic N) is 5. The van der Waals surface area contributed by atoms with Gasteiger partial charge >= 0.3 is 12.0 Å². The number of amidine groups is 1. The number of benzene rings is 2. The number of likely N-dealkylation sites (N-methyl/N-ethyl adjacent to an activating group) is 2. The number of carbonyl (C=O) groups is 2. The predicted octanol–water partition coefficient (Wildman–Crippen LogP) is 2.91. The average molecular weight is 533 g/mol. The van der Waals surface area contributed by atoms with E-state index in [2.05, 4.69) is 31.4 Å². The van der Waals surface area contributed by atoms with Gasteiger partial charge in [-0.15, -0.1) is 5.10 Å². The number of methoxy groups -OCH3 is 1. The quantitative estimate of drug-likeness (QED) is 0.364. The minimum atomic E-state index is -0.785. The Kier molecular flexibility index (Phi) is 6.48. The maximum absolute atomic E-state index is 13.0. The molecule has 0 radical (unpaired) electrons. The standard InChI is InChI=1S/C22H20BrClN6O3/c1-28-19-18(20(31)29(2)22(28)32)30(12-13-6-4-5-7-16(13)24)21(26-19)27-25-11-14-10-15(23)8-9-17(14)33-3/h4-11,18H,12H2,1-3H3/p+1/b25-11+. The molecule has 11 heteroatoms. The molecule has 33 heavy (non-hydrogen) atoms. The molecule has 1 saturated heterocycles. The number of guanidine groups is 1. The van der Waals surface area contributed by atoms with E-state index in [1.165, 1.54) is 11.9 Å². The number of hydrazone groups is 1. The van der Waals surface area contributed by atoms with E-state index >= 15 is 0 Å². The number of carbonyl (C=O) groups excluding carboxylic acids is 2. The zero-order valence-electron chi connectivity index (χ0n) is 18.1. The van der Waals surface area contributed by atoms with Crippen LogP contribution in [0.5, 0.6) is 5.75 Å². The summed E-state index contributed by atoms with van der Waals surface area (Å²) in [6, 6.07) is 11.7. The van der Waals surface area contributed by atoms with Crippen molar-refractivity contribution in [3.8, 4) is 5.75 Å². The van der Waals surface area contributed by atoms with Gasteiger partial charge in [0.05, 0.1) is 19.9 Å². The lowest BCUT2D eigenvalue weighted by Crippen LogP contribution is -2.61. The first-order valence-corrected chi connectivity index (χ1v) is 11.1. The molecule has 1 fully saturated rings. The number of amides is 3. The van der Waals surface area contributed by atoms with Gasteiger partial charge < -0.3 is 4.74 Å². The van der Waals surface area contributed by atoms with Gasteiger partial charge in [0.15, 0.2) is 0 Å². The Hall–Kier alpha value is -3.24. The Morgan fingerprint density at radius 1 is 1.24 bits per heavy atom. The molecule has 3 amide bonds. The second-order valence-corrected chi connectivity index (χ2v) is 8.73. The summed E-state index contributed by atoms with van der Waals surface area (Å²) in [4.78, 5) is 32.5. The molecule has 0 bridgehead atoms. The fourth-order valence-electron chi connectivity index (χ4n) is 3.63. The van der Waals surface area contributed by atoms with Crippen LogP contribution in [0.3, 0.4) is 0 Å². The predicted molar refractivity (Wildman–Crippen MR) is 129 cm³/mol. The van der Waals surface area contributed by atoms with E-state index in [-0.39, 0.29) is 12.5 Å². The topological polar surface area (TPSA) is 89.6 Å². The van der Waals surface area contributed by atoms with E-state index in [1.54, 1.807) is 31.0 Å². The van der Waals surface area contributed by atoms with Crippen molar-refractivity contribution >= 4 is 57.5 Å². The molecule has 0 aromatic heterocycles. The highest BCUT2D eigenvalue weighted by atomic mass is 79.9. The summed E-state index contributed by atoms with van der Waals surface area (Å²) >= 11 is 9.81. The Balaban J connectivity index is 1.71. The fraction of sp³-hybridized carbons (Fsp3) is 0.227. The van der Waals surface area contributed by atoms with Crippen LogP contribution in [0.15, 0.2) is 57.0 Å². The van der Waals surface area contributed by atoms with Crippen LogP contribution in [0.4, 0.5) is 4.79 Å². The van der Waals surface area contributed by atoms with Crippen molar-refractivity contribution in [1.29, 1.82) is 0 Å². The molecular weight excluding hydrogens is 512 g/mol. The zero-order valence-corrected chi connectivity index (χ0v) is 20.5. The summed E-state index contributed by atoms with van der Waals surface area (Å²) in [5.74, 6) is 0.921. The van der Waals surface area contributed by atoms with Gasteiger partial charge in [0, 0.05) is 34.7 Å². The number of aliphatic imine (C=N–C) groups is 1. The van der Waals surface area contributed by atoms with Crippen molar-refractivity contribution in [2.75, 3.05) is 21.2 Å². The van der Waals surface area contributed by atoms with E-state index in [1.807, 2.05) is 36.4 Å². The van der Waals surface area contributed by atoms with Crippen LogP contribution in [0, 0.1) is 0 Å². The lowest BCUT2D eigenvalue weighted by atomic mass is 10.1. The van der Waals surface area contributed by atoms with E-state index < -0.39 is 12.1 Å². The number of imide groups is 1. The van der Waals surface area contributed by atoms with Crippen LogP contribution >= 0.6 is 27.5 Å². The first kappa shape index (κ1) is 22.9. The molecule has 2 aliphatic rings. The minimum Gasteiger partial charge on any atom is -0.496 e. The van der Waals surface area contributed by atoms with Crippen LogP contribution in [0.1, 0.15) is 11.1 Å². The molecule has 1 N–H and O–H groups in total. The Labute approximate surface area is 204 Å². The number of nitrogens with one attached hydrogen (secondary N) is 1. The van der Waals surface area contributed by atoms with Gasteiger partial charge in [0.1, 0.15) is 5.75 Å². The number of halogens is 2. The third kappa shape index (κ3) is 4.36. The lowest BCUT2D eigenvalue weighted by Gasteiger charge is -2.31. The molecule has 1 unspecified atom stereocenters. The number of rotatable bonds is 5. The number of urea groups is 1. The molecular formula is C22H21BrClN6O3+. The van der Waals surface area contributed by atoms with Crippen LogP contribution in [-0.4, -0.2) is 71.6 Å². The van der Waals surface area contributed by atoms with Gasteiger partial charge in [-0.2, -0.15) is 5.43 Å². The minimum absolute atomic E-state index is 0.289. The molecule has 2 aromatic rings. The molecule has 0 aliphatic carbocycles. The number of fused-ring (bicyclic) bond motifs is 1. The van der Waals surface area contributed by atoms with Crippen LogP contribution in [0.2, 0.25) is 5.02 Å². The average Bonchev–Trinajstić information content (AvgIpc) is 3.16. The van der Waals surface area contributed by atoms with Crippen molar-refractivity contribution in [1.82, 2.24) is 15.2 Å². The van der Waals surface area contributed by atoms with Crippen molar-refractivity contribution in [3.63, 3.8) is 0 Å². The normalized spacial score (nSPS) is 18.2. The van der Waals surface area contributed by atoms with Gasteiger partial charge in [-0.3, -0.25) is 14.6 Å². The monoisotopic (exact) mass is 531 g/mol. The van der Waals surface area contributed by atoms with Crippen LogP contribution < -0.4 is 10.2 Å². The zero-order chi connectivity index (χ0) is 23.7. The Bertz CT molecular complexity index is 1230. The first-order chi connectivity index (χ1) is 15.8. The second-order valence-electron chi connectivity index (χ2n) is 7.41. The number of ether oxygens (including phenoxy) is 1. The summed E-state index contributed by atoms with van der Waals surface area (Å²) in [7, 11) is 4.62. The first-order valence-electron chi connectivity index (χ1n) is 9.95. The van der Waals surface area contributed by atoms with Crippen molar-refractivity contribution < 1.29 is 18.9 Å². The second kappa shape index (κ2) is 9.32. The van der Waals surface area contributed by atoms with E-state index in [0.717, 1.165) is 20.5 Å². The molecule has 2 heterocycles. The molecule has 4 rings (SSSR count). The fourth-order valence-corrected chi connectivity index (χ4v) is 4.20. The highest BCUT2D eigenvalue weighted by Gasteiger charge is 2.51. The molecule has 0 saturated carbocycles. The SMILES string of the molecule is COc1ccc(Br)cc1/C=N/NC1=[N+](Cc2ccccc2Cl)C2C(=O)N(C)C(=O)N(C)C2=N1. The molecule has 1 atom stereocenters. The third-order valence-corrected chi connectivity index (χ3v) is 6.25. The van der Waals surface area contributed by atoms with Crippen molar-refractivity contribution in [2.45, 2.75) is 12.6 Å². The molecule has 9 nitrogen and oxygen atoms in total. The highest BCUT2D eigenvalue weighted by Crippen LogP contribution is 2.23. The number of hydrogen-bond acceptors (Lipinski definition) is 6. The van der Waals surface area contributed by atoms with Crippen LogP contribution in [-0.2, 0) is 11.3 Å². The maximum atomic E-state index is 13.0. The van der Waals surface area contributed by atoms with Gasteiger partial charge in [0.2, 0.25) is 11.9 Å². The molecule has 170 valence electrons. The number of hydrogen-bond donors (Lipinski definition) is 1. The van der Waals surface area contributed by atoms with E-state index in [9.17, 15) is 9.59 Å². The lowest BCUT2D eigenvalue weighted by molar-refractivity contribution is -0.553. The Morgan fingerprint density at radius 2 is 2.00 bits per heavy atom. The van der Waals surface area contributed by atoms with Gasteiger partial charge in [0.25, 0.3) is 5.91 Å². The third-order valence-electron chi connectivity index (χ3n) is 5.39. The largest absolute Gasteiger partial charge is 0.496 e. The molecule has 2 aliphatic heterocycles. The maximum Gasteiger partial charge on any atom is 0.414 e. The van der Waals surface area contributed by atoms with Crippen molar-refractivity contribution in [2.24, 2.45) is 10.1 Å². The highest BCUT2D eigenvalue weighted by molar-refractivity contribution is 9.10. The summed E-state index contributed by atoms with van der Waals surface area (Å²) in [5.41, 5.74) is 4.47. The van der Waals surface area contributed by atoms with E-state index in [0.29, 0.717) is 22.6 Å². The molecule has 2 aromatic carbocycles. The van der Waals surface area contributed by atoms with E-state index in [4.69, 9.17) is 16.3 Å². The van der Waals surface area contributed by atoms with Crippen LogP contribution in [0.25, 0.3) is 0 Å². The summed E-state index contributed by atoms with van der Waals surface area (Å²) < 4.78 is 7.99.